The van der Waals surface area contributed by atoms with Crippen molar-refractivity contribution in [3.05, 3.63) is 56.5 Å². The van der Waals surface area contributed by atoms with Crippen LogP contribution in [0.25, 0.3) is 0 Å². The van der Waals surface area contributed by atoms with E-state index in [0.29, 0.717) is 10.6 Å². The van der Waals surface area contributed by atoms with Gasteiger partial charge in [0, 0.05) is 11.2 Å². The first-order valence-electron chi connectivity index (χ1n) is 5.45. The first-order valence-corrected chi connectivity index (χ1v) is 6.59. The van der Waals surface area contributed by atoms with Crippen molar-refractivity contribution in [2.24, 2.45) is 4.99 Å². The zero-order valence-electron chi connectivity index (χ0n) is 9.99. The molecule has 0 atom stereocenters. The minimum Gasteiger partial charge on any atom is -0.505 e. The highest BCUT2D eigenvalue weighted by molar-refractivity contribution is 6.37. The van der Waals surface area contributed by atoms with Crippen LogP contribution in [0.15, 0.2) is 35.3 Å². The van der Waals surface area contributed by atoms with Crippen molar-refractivity contribution in [1.29, 1.82) is 0 Å². The molecule has 2 aromatic rings. The minimum absolute atomic E-state index is 0.126. The fourth-order valence-corrected chi connectivity index (χ4v) is 2.20. The maximum absolute atomic E-state index is 9.47. The molecule has 2 aromatic carbocycles. The number of aryl methyl sites for hydroxylation is 1. The molecule has 0 bridgehead atoms. The van der Waals surface area contributed by atoms with Crippen LogP contribution in [0.5, 0.6) is 5.75 Å². The van der Waals surface area contributed by atoms with Crippen LogP contribution < -0.4 is 0 Å². The Balaban J connectivity index is 2.35. The normalized spacial score (nSPS) is 11.2. The monoisotopic (exact) mass is 313 g/mol. The molecular formula is C14H10Cl3NO. The molecule has 0 unspecified atom stereocenters. The SMILES string of the molecule is Cc1ccc(Cl)cc1N=Cc1cc(Cl)c(O)c(Cl)c1. The molecular weight excluding hydrogens is 305 g/mol. The lowest BCUT2D eigenvalue weighted by Gasteiger charge is -2.03. The highest BCUT2D eigenvalue weighted by Crippen LogP contribution is 2.32. The van der Waals surface area contributed by atoms with Crippen molar-refractivity contribution < 1.29 is 5.11 Å². The summed E-state index contributed by atoms with van der Waals surface area (Å²) in [5, 5.41) is 10.5. The van der Waals surface area contributed by atoms with Crippen molar-refractivity contribution in [3.8, 4) is 5.75 Å². The molecule has 0 spiro atoms. The van der Waals surface area contributed by atoms with Gasteiger partial charge in [-0.15, -0.1) is 0 Å². The van der Waals surface area contributed by atoms with Crippen LogP contribution in [0, 0.1) is 6.92 Å². The number of hydrogen-bond acceptors (Lipinski definition) is 2. The number of hydrogen-bond donors (Lipinski definition) is 1. The average molecular weight is 315 g/mol. The largest absolute Gasteiger partial charge is 0.505 e. The van der Waals surface area contributed by atoms with Gasteiger partial charge in [-0.25, -0.2) is 0 Å². The van der Waals surface area contributed by atoms with E-state index in [0.717, 1.165) is 11.3 Å². The number of aliphatic imine (C=N–C) groups is 1. The van der Waals surface area contributed by atoms with Crippen LogP contribution in [0.1, 0.15) is 11.1 Å². The van der Waals surface area contributed by atoms with Crippen LogP contribution in [0.3, 0.4) is 0 Å². The number of rotatable bonds is 2. The van der Waals surface area contributed by atoms with Crippen molar-refractivity contribution >= 4 is 46.7 Å². The van der Waals surface area contributed by atoms with E-state index in [1.165, 1.54) is 0 Å². The summed E-state index contributed by atoms with van der Waals surface area (Å²) in [5.41, 5.74) is 2.48. The number of halogens is 3. The van der Waals surface area contributed by atoms with E-state index in [1.807, 2.05) is 19.1 Å². The van der Waals surface area contributed by atoms with Crippen molar-refractivity contribution in [2.45, 2.75) is 6.92 Å². The number of benzene rings is 2. The van der Waals surface area contributed by atoms with E-state index in [2.05, 4.69) is 4.99 Å². The molecule has 5 heteroatoms. The van der Waals surface area contributed by atoms with Crippen LogP contribution >= 0.6 is 34.8 Å². The van der Waals surface area contributed by atoms with E-state index >= 15 is 0 Å². The Morgan fingerprint density at radius 1 is 1.05 bits per heavy atom. The van der Waals surface area contributed by atoms with Gasteiger partial charge in [0.25, 0.3) is 0 Å². The molecule has 0 radical (unpaired) electrons. The molecule has 0 aliphatic carbocycles. The number of aromatic hydroxyl groups is 1. The summed E-state index contributed by atoms with van der Waals surface area (Å²) in [7, 11) is 0. The Hall–Kier alpha value is -1.22. The summed E-state index contributed by atoms with van der Waals surface area (Å²) >= 11 is 17.6. The van der Waals surface area contributed by atoms with Gasteiger partial charge in [0.1, 0.15) is 0 Å². The van der Waals surface area contributed by atoms with Crippen LogP contribution in [0.4, 0.5) is 5.69 Å². The Kier molecular flexibility index (Phi) is 4.35. The van der Waals surface area contributed by atoms with Gasteiger partial charge in [-0.1, -0.05) is 40.9 Å². The van der Waals surface area contributed by atoms with Gasteiger partial charge in [-0.2, -0.15) is 0 Å². The van der Waals surface area contributed by atoms with Gasteiger partial charge in [0.15, 0.2) is 5.75 Å². The predicted molar refractivity (Wildman–Crippen MR) is 81.6 cm³/mol. The zero-order chi connectivity index (χ0) is 14.0. The van der Waals surface area contributed by atoms with E-state index in [1.54, 1.807) is 24.4 Å². The molecule has 0 aliphatic rings. The van der Waals surface area contributed by atoms with E-state index in [9.17, 15) is 5.11 Å². The number of phenolic OH excluding ortho intramolecular Hbond substituents is 1. The molecule has 0 heterocycles. The first-order chi connectivity index (χ1) is 8.97. The second kappa shape index (κ2) is 5.83. The highest BCUT2D eigenvalue weighted by atomic mass is 35.5. The third kappa shape index (κ3) is 3.41. The molecule has 0 aliphatic heterocycles. The van der Waals surface area contributed by atoms with Gasteiger partial charge in [0.2, 0.25) is 0 Å². The van der Waals surface area contributed by atoms with Crippen molar-refractivity contribution in [2.75, 3.05) is 0 Å². The molecule has 2 rings (SSSR count). The molecule has 19 heavy (non-hydrogen) atoms. The van der Waals surface area contributed by atoms with E-state index in [-0.39, 0.29) is 15.8 Å². The average Bonchev–Trinajstić information content (AvgIpc) is 2.37. The van der Waals surface area contributed by atoms with Crippen LogP contribution in [-0.2, 0) is 0 Å². The molecule has 0 saturated heterocycles. The summed E-state index contributed by atoms with van der Waals surface area (Å²) < 4.78 is 0. The molecule has 98 valence electrons. The standard InChI is InChI=1S/C14H10Cl3NO/c1-8-2-3-10(15)6-13(8)18-7-9-4-11(16)14(19)12(17)5-9/h2-7,19H,1H3. The molecule has 0 saturated carbocycles. The van der Waals surface area contributed by atoms with Gasteiger partial charge in [-0.05, 0) is 42.3 Å². The molecule has 1 N–H and O–H groups in total. The second-order valence-electron chi connectivity index (χ2n) is 4.02. The summed E-state index contributed by atoms with van der Waals surface area (Å²) in [6.45, 7) is 1.94. The Morgan fingerprint density at radius 3 is 2.32 bits per heavy atom. The summed E-state index contributed by atoms with van der Waals surface area (Å²) in [6.07, 6.45) is 1.62. The third-order valence-corrected chi connectivity index (χ3v) is 3.37. The summed E-state index contributed by atoms with van der Waals surface area (Å²) in [5.74, 6) is -0.126. The Labute approximate surface area is 126 Å². The van der Waals surface area contributed by atoms with Crippen LogP contribution in [0.2, 0.25) is 15.1 Å². The van der Waals surface area contributed by atoms with Gasteiger partial charge < -0.3 is 5.11 Å². The lowest BCUT2D eigenvalue weighted by molar-refractivity contribution is 0.476. The van der Waals surface area contributed by atoms with Gasteiger partial charge in [-0.3, -0.25) is 4.99 Å². The third-order valence-electron chi connectivity index (χ3n) is 2.56. The minimum atomic E-state index is -0.126. The molecule has 0 aromatic heterocycles. The lowest BCUT2D eigenvalue weighted by Crippen LogP contribution is -1.83. The predicted octanol–water partition coefficient (Wildman–Crippen LogP) is 5.41. The maximum Gasteiger partial charge on any atom is 0.152 e. The number of nitrogens with zero attached hydrogens (tertiary/aromatic N) is 1. The molecule has 0 fully saturated rings. The topological polar surface area (TPSA) is 32.6 Å². The van der Waals surface area contributed by atoms with Crippen molar-refractivity contribution in [3.63, 3.8) is 0 Å². The van der Waals surface area contributed by atoms with Crippen LogP contribution in [-0.4, -0.2) is 11.3 Å². The molecule has 2 nitrogen and oxygen atoms in total. The second-order valence-corrected chi connectivity index (χ2v) is 5.27. The quantitative estimate of drug-likeness (QED) is 0.738. The highest BCUT2D eigenvalue weighted by Gasteiger charge is 2.05. The summed E-state index contributed by atoms with van der Waals surface area (Å²) in [4.78, 5) is 4.34. The fraction of sp³-hybridized carbons (Fsp3) is 0.0714. The molecule has 0 amide bonds. The first kappa shape index (κ1) is 14.2. The van der Waals surface area contributed by atoms with E-state index in [4.69, 9.17) is 34.8 Å². The Bertz CT molecular complexity index is 630. The zero-order valence-corrected chi connectivity index (χ0v) is 12.3. The number of phenols is 1. The Morgan fingerprint density at radius 2 is 1.68 bits per heavy atom. The van der Waals surface area contributed by atoms with Gasteiger partial charge in [0.05, 0.1) is 15.7 Å². The lowest BCUT2D eigenvalue weighted by atomic mass is 10.2. The summed E-state index contributed by atoms with van der Waals surface area (Å²) in [6, 6.07) is 8.66. The van der Waals surface area contributed by atoms with E-state index < -0.39 is 0 Å². The smallest absolute Gasteiger partial charge is 0.152 e. The fourth-order valence-electron chi connectivity index (χ4n) is 1.53. The maximum atomic E-state index is 9.47. The van der Waals surface area contributed by atoms with Crippen molar-refractivity contribution in [1.82, 2.24) is 0 Å². The van der Waals surface area contributed by atoms with Gasteiger partial charge >= 0.3 is 0 Å².